The number of para-hydroxylation sites is 1. The van der Waals surface area contributed by atoms with Gasteiger partial charge in [0.25, 0.3) is 0 Å². The second kappa shape index (κ2) is 22.4. The smallest absolute Gasteiger partial charge is 0.148 e. The molecule has 10 rings (SSSR count). The molecule has 0 spiro atoms. The topological polar surface area (TPSA) is 79.7 Å². The zero-order chi connectivity index (χ0) is 58.2. The molecule has 0 amide bonds. The maximum Gasteiger partial charge on any atom is 0.148 e. The average Bonchev–Trinajstić information content (AvgIpc) is 4.06. The van der Waals surface area contributed by atoms with E-state index in [2.05, 4.69) is 272 Å². The van der Waals surface area contributed by atoms with Gasteiger partial charge in [-0.3, -0.25) is 9.55 Å². The third kappa shape index (κ3) is 11.1. The molecular formula is C75H80N5OPt-. The summed E-state index contributed by atoms with van der Waals surface area (Å²) in [6.45, 7) is 38.3. The van der Waals surface area contributed by atoms with Gasteiger partial charge in [-0.25, -0.2) is 4.98 Å². The van der Waals surface area contributed by atoms with Crippen LogP contribution in [0, 0.1) is 17.4 Å². The van der Waals surface area contributed by atoms with Crippen molar-refractivity contribution in [3.05, 3.63) is 196 Å². The summed E-state index contributed by atoms with van der Waals surface area (Å²) in [5.41, 5.74) is 21.3. The molecule has 6 nitrogen and oxygen atoms in total. The molecule has 0 unspecified atom stereocenters. The first-order chi connectivity index (χ1) is 38.2. The molecule has 0 saturated heterocycles. The number of nitrogens with zero attached hydrogens (tertiary/aromatic N) is 5. The minimum absolute atomic E-state index is 0. The van der Waals surface area contributed by atoms with Crippen LogP contribution in [-0.4, -0.2) is 24.2 Å². The van der Waals surface area contributed by atoms with Crippen molar-refractivity contribution >= 4 is 22.1 Å². The number of benzene rings is 8. The summed E-state index contributed by atoms with van der Waals surface area (Å²) in [5, 5.41) is 23.2. The van der Waals surface area contributed by atoms with Crippen LogP contribution < -0.4 is 0 Å². The molecule has 82 heavy (non-hydrogen) atoms. The maximum absolute atomic E-state index is 12.9. The number of imidazole rings is 2. The third-order valence-electron chi connectivity index (χ3n) is 16.2. The fourth-order valence-electron chi connectivity index (χ4n) is 11.6. The zero-order valence-electron chi connectivity index (χ0n) is 51.2. The molecule has 2 heterocycles. The van der Waals surface area contributed by atoms with Crippen LogP contribution in [0.1, 0.15) is 186 Å². The molecule has 0 atom stereocenters. The minimum atomic E-state index is -0.368. The standard InChI is InChI=1S/C75H80N5O.Pt/c1-44(2)58-37-51(49-25-20-18-21-26-49)38-59(45(3)4)68(58)79-65-32-31-48(43-76)33-64(65)77-71(79)54-34-53(35-55(36-54)73(9,10)11)57-29-24-30-66-67(57)78-72(62-41-56(74(12,13)14)42-63(70(62)81)75(15,16)17)80(66)69-60(46(5)6)39-52(40-61(69)47(7)8)50-27-22-19-23-28-50;/h18-33,35-42,44-47,81H,1-17H3;/q-1;. The molecule has 0 fully saturated rings. The van der Waals surface area contributed by atoms with E-state index in [-0.39, 0.29) is 66.7 Å². The SMILES string of the molecule is CC(C)c1cc(-c2ccccc2)cc(C(C)C)c1-n1c(-c2[c-]c(-c3cccc4c3nc(-c3cc(C(C)(C)C)cc(C(C)(C)C)c3O)n4-c3c(C(C)C)cc(-c4ccccc4)cc3C(C)C)cc(C(C)(C)C)c2)nc2cc(C#N)ccc21.[Pt]. The first-order valence-corrected chi connectivity index (χ1v) is 29.1. The van der Waals surface area contributed by atoms with Gasteiger partial charge in [0.2, 0.25) is 0 Å². The molecule has 0 bridgehead atoms. The number of fused-ring (bicyclic) bond motifs is 2. The fourth-order valence-corrected chi connectivity index (χ4v) is 11.6. The van der Waals surface area contributed by atoms with E-state index in [4.69, 9.17) is 9.97 Å². The quantitative estimate of drug-likeness (QED) is 0.131. The van der Waals surface area contributed by atoms with E-state index < -0.39 is 0 Å². The summed E-state index contributed by atoms with van der Waals surface area (Å²) in [6.07, 6.45) is 0. The van der Waals surface area contributed by atoms with E-state index in [9.17, 15) is 10.4 Å². The minimum Gasteiger partial charge on any atom is -0.507 e. The third-order valence-corrected chi connectivity index (χ3v) is 16.2. The summed E-state index contributed by atoms with van der Waals surface area (Å²) in [5.74, 6) is 2.29. The molecular weight excluding hydrogens is 1180 g/mol. The van der Waals surface area contributed by atoms with Crippen LogP contribution in [0.2, 0.25) is 0 Å². The molecule has 2 aromatic heterocycles. The van der Waals surface area contributed by atoms with E-state index in [1.165, 1.54) is 44.5 Å². The van der Waals surface area contributed by atoms with Crippen LogP contribution >= 0.6 is 0 Å². The van der Waals surface area contributed by atoms with Crippen molar-refractivity contribution in [2.45, 2.75) is 158 Å². The van der Waals surface area contributed by atoms with E-state index >= 15 is 0 Å². The average molecular weight is 1260 g/mol. The second-order valence-corrected chi connectivity index (χ2v) is 26.8. The Hall–Kier alpha value is -7.32. The molecule has 422 valence electrons. The van der Waals surface area contributed by atoms with Gasteiger partial charge in [-0.05, 0) is 145 Å². The van der Waals surface area contributed by atoms with Crippen molar-refractivity contribution in [1.29, 1.82) is 5.26 Å². The molecule has 8 aromatic carbocycles. The Morgan fingerprint density at radius 3 is 1.40 bits per heavy atom. The van der Waals surface area contributed by atoms with Crippen molar-refractivity contribution in [2.75, 3.05) is 0 Å². The van der Waals surface area contributed by atoms with Crippen LogP contribution in [0.3, 0.4) is 0 Å². The Bertz CT molecular complexity index is 4010. The van der Waals surface area contributed by atoms with E-state index in [1.807, 2.05) is 12.1 Å². The van der Waals surface area contributed by atoms with Crippen LogP contribution in [-0.2, 0) is 37.3 Å². The van der Waals surface area contributed by atoms with E-state index in [0.717, 1.165) is 72.6 Å². The normalized spacial score (nSPS) is 12.3. The molecule has 0 aliphatic carbocycles. The number of hydrogen-bond acceptors (Lipinski definition) is 4. The summed E-state index contributed by atoms with van der Waals surface area (Å²) in [6, 6.07) is 58.6. The van der Waals surface area contributed by atoms with Gasteiger partial charge in [0.1, 0.15) is 11.6 Å². The van der Waals surface area contributed by atoms with Gasteiger partial charge in [-0.15, -0.1) is 29.3 Å². The number of phenols is 1. The molecule has 1 N–H and O–H groups in total. The zero-order valence-corrected chi connectivity index (χ0v) is 53.4. The first-order valence-electron chi connectivity index (χ1n) is 29.1. The van der Waals surface area contributed by atoms with Gasteiger partial charge < -0.3 is 9.67 Å². The largest absolute Gasteiger partial charge is 0.507 e. The Balaban J connectivity index is 0.00000810. The second-order valence-electron chi connectivity index (χ2n) is 26.8. The molecule has 10 aromatic rings. The Morgan fingerprint density at radius 2 is 0.939 bits per heavy atom. The number of aromatic nitrogens is 4. The molecule has 0 aliphatic rings. The summed E-state index contributed by atoms with van der Waals surface area (Å²) in [7, 11) is 0. The number of aromatic hydroxyl groups is 1. The Kier molecular flexibility index (Phi) is 16.2. The molecule has 0 aliphatic heterocycles. The fraction of sp³-hybridized carbons (Fsp3) is 0.320. The predicted molar refractivity (Wildman–Crippen MR) is 341 cm³/mol. The summed E-state index contributed by atoms with van der Waals surface area (Å²) < 4.78 is 4.72. The molecule has 7 heteroatoms. The number of rotatable bonds is 11. The number of hydrogen-bond donors (Lipinski definition) is 1. The van der Waals surface area contributed by atoms with Gasteiger partial charge in [-0.1, -0.05) is 208 Å². The number of phenolic OH excluding ortho intramolecular Hbond substituents is 1. The van der Waals surface area contributed by atoms with Crippen LogP contribution in [0.25, 0.3) is 89.6 Å². The Morgan fingerprint density at radius 1 is 0.463 bits per heavy atom. The predicted octanol–water partition coefficient (Wildman–Crippen LogP) is 20.5. The van der Waals surface area contributed by atoms with Crippen molar-refractivity contribution in [1.82, 2.24) is 19.1 Å². The van der Waals surface area contributed by atoms with Gasteiger partial charge in [0, 0.05) is 32.3 Å². The van der Waals surface area contributed by atoms with Gasteiger partial charge in [-0.2, -0.15) is 5.26 Å². The number of nitriles is 1. The van der Waals surface area contributed by atoms with Crippen LogP contribution in [0.4, 0.5) is 0 Å². The Labute approximate surface area is 502 Å². The van der Waals surface area contributed by atoms with Gasteiger partial charge in [0.05, 0.1) is 50.8 Å². The molecule has 0 radical (unpaired) electrons. The van der Waals surface area contributed by atoms with Crippen molar-refractivity contribution in [2.24, 2.45) is 0 Å². The first kappa shape index (κ1) is 59.3. The van der Waals surface area contributed by atoms with E-state index in [1.54, 1.807) is 0 Å². The van der Waals surface area contributed by atoms with Gasteiger partial charge >= 0.3 is 0 Å². The molecule has 0 saturated carbocycles. The van der Waals surface area contributed by atoms with Gasteiger partial charge in [0.15, 0.2) is 0 Å². The van der Waals surface area contributed by atoms with Crippen molar-refractivity contribution in [3.8, 4) is 79.3 Å². The monoisotopic (exact) mass is 1260 g/mol. The summed E-state index contributed by atoms with van der Waals surface area (Å²) in [4.78, 5) is 11.4. The summed E-state index contributed by atoms with van der Waals surface area (Å²) >= 11 is 0. The van der Waals surface area contributed by atoms with Crippen molar-refractivity contribution < 1.29 is 26.2 Å². The van der Waals surface area contributed by atoms with E-state index in [0.29, 0.717) is 17.0 Å². The van der Waals surface area contributed by atoms with Crippen LogP contribution in [0.15, 0.2) is 146 Å². The van der Waals surface area contributed by atoms with Crippen LogP contribution in [0.5, 0.6) is 5.75 Å². The van der Waals surface area contributed by atoms with Crippen molar-refractivity contribution in [3.63, 3.8) is 0 Å². The maximum atomic E-state index is 12.9.